The van der Waals surface area contributed by atoms with Crippen LogP contribution in [0.15, 0.2) is 15.0 Å². The zero-order valence-corrected chi connectivity index (χ0v) is 22.6. The van der Waals surface area contributed by atoms with Crippen LogP contribution in [0.25, 0.3) is 11.0 Å². The van der Waals surface area contributed by atoms with E-state index in [-0.39, 0.29) is 12.1 Å². The second-order valence-electron chi connectivity index (χ2n) is 8.86. The first-order chi connectivity index (χ1) is 14.1. The summed E-state index contributed by atoms with van der Waals surface area (Å²) in [5.74, 6) is 0.982. The van der Waals surface area contributed by atoms with Crippen molar-refractivity contribution in [3.8, 4) is 0 Å². The molecule has 7 nitrogen and oxygen atoms in total. The van der Waals surface area contributed by atoms with Gasteiger partial charge < -0.3 is 24.8 Å². The normalized spacial score (nSPS) is 22.1. The minimum absolute atomic E-state index is 0.0485. The maximum Gasteiger partial charge on any atom is 0.407 e. The summed E-state index contributed by atoms with van der Waals surface area (Å²) in [5.41, 5.74) is 1.65. The minimum Gasteiger partial charge on any atom is -0.444 e. The topological polar surface area (TPSA) is 71.4 Å². The van der Waals surface area contributed by atoms with E-state index in [4.69, 9.17) is 9.72 Å². The van der Waals surface area contributed by atoms with Gasteiger partial charge in [-0.2, -0.15) is 0 Å². The average molecular weight is 655 g/mol. The smallest absolute Gasteiger partial charge is 0.407 e. The van der Waals surface area contributed by atoms with Crippen molar-refractivity contribution in [1.29, 1.82) is 0 Å². The van der Waals surface area contributed by atoms with Crippen LogP contribution in [0.4, 0.5) is 10.7 Å². The number of amides is 1. The fourth-order valence-corrected chi connectivity index (χ4v) is 5.88. The highest BCUT2D eigenvalue weighted by atomic mass is 127. The highest BCUT2D eigenvalue weighted by molar-refractivity contribution is 14.1. The number of imidazole rings is 1. The molecule has 3 heterocycles. The predicted octanol–water partition coefficient (Wildman–Crippen LogP) is 4.80. The summed E-state index contributed by atoms with van der Waals surface area (Å²) in [6, 6.07) is 2.57. The van der Waals surface area contributed by atoms with Gasteiger partial charge in [-0.25, -0.2) is 9.78 Å². The number of rotatable bonds is 3. The molecular formula is C20H26Br2IN5O2. The first-order valence-corrected chi connectivity index (χ1v) is 12.8. The molecule has 164 valence electrons. The lowest BCUT2D eigenvalue weighted by Gasteiger charge is -2.24. The van der Waals surface area contributed by atoms with Crippen LogP contribution in [-0.4, -0.2) is 53.5 Å². The number of anilines is 1. The van der Waals surface area contributed by atoms with Crippen LogP contribution >= 0.6 is 54.5 Å². The SMILES string of the molecule is CC(C)(C)OC(=O)N[C@@H]1CCN(c2nc3c(I)c(Br)c(Br)cc3n2[C@H]2CCNC2)C1. The number of nitrogens with zero attached hydrogens (tertiary/aromatic N) is 3. The second-order valence-corrected chi connectivity index (χ2v) is 11.6. The number of halogens is 3. The summed E-state index contributed by atoms with van der Waals surface area (Å²) in [5, 5.41) is 6.50. The summed E-state index contributed by atoms with van der Waals surface area (Å²) in [7, 11) is 0. The molecule has 0 unspecified atom stereocenters. The van der Waals surface area contributed by atoms with Crippen LogP contribution < -0.4 is 15.5 Å². The van der Waals surface area contributed by atoms with Crippen LogP contribution in [0.1, 0.15) is 39.7 Å². The maximum atomic E-state index is 12.2. The Morgan fingerprint density at radius 3 is 2.80 bits per heavy atom. The van der Waals surface area contributed by atoms with Gasteiger partial charge in [0.25, 0.3) is 0 Å². The molecule has 30 heavy (non-hydrogen) atoms. The summed E-state index contributed by atoms with van der Waals surface area (Å²) in [6.45, 7) is 9.16. The number of hydrogen-bond acceptors (Lipinski definition) is 5. The predicted molar refractivity (Wildman–Crippen MR) is 134 cm³/mol. The molecule has 0 bridgehead atoms. The molecule has 2 atom stereocenters. The second kappa shape index (κ2) is 8.74. The molecule has 2 N–H and O–H groups in total. The highest BCUT2D eigenvalue weighted by Gasteiger charge is 2.32. The third kappa shape index (κ3) is 4.61. The highest BCUT2D eigenvalue weighted by Crippen LogP contribution is 2.39. The fourth-order valence-electron chi connectivity index (χ4n) is 4.10. The number of ether oxygens (including phenoxy) is 1. The zero-order chi connectivity index (χ0) is 21.6. The first kappa shape index (κ1) is 22.6. The molecule has 0 aliphatic carbocycles. The van der Waals surface area contributed by atoms with Crippen LogP contribution in [0.5, 0.6) is 0 Å². The van der Waals surface area contributed by atoms with E-state index in [2.05, 4.69) is 80.6 Å². The van der Waals surface area contributed by atoms with E-state index in [0.29, 0.717) is 6.04 Å². The summed E-state index contributed by atoms with van der Waals surface area (Å²) >= 11 is 9.71. The molecule has 2 aliphatic heterocycles. The van der Waals surface area contributed by atoms with Crippen molar-refractivity contribution >= 4 is 77.5 Å². The van der Waals surface area contributed by atoms with Gasteiger partial charge in [-0.05, 0) is 101 Å². The quantitative estimate of drug-likeness (QED) is 0.368. The Hall–Kier alpha value is -0.590. The van der Waals surface area contributed by atoms with Gasteiger partial charge in [-0.15, -0.1) is 0 Å². The van der Waals surface area contributed by atoms with Gasteiger partial charge in [0.05, 0.1) is 21.2 Å². The average Bonchev–Trinajstić information content (AvgIpc) is 3.36. The number of aromatic nitrogens is 2. The van der Waals surface area contributed by atoms with E-state index in [0.717, 1.165) is 68.5 Å². The van der Waals surface area contributed by atoms with E-state index in [1.807, 2.05) is 20.8 Å². The van der Waals surface area contributed by atoms with Crippen molar-refractivity contribution in [3.05, 3.63) is 18.6 Å². The number of benzene rings is 1. The van der Waals surface area contributed by atoms with E-state index in [9.17, 15) is 4.79 Å². The van der Waals surface area contributed by atoms with Gasteiger partial charge >= 0.3 is 6.09 Å². The Kier molecular flexibility index (Phi) is 6.59. The molecule has 0 radical (unpaired) electrons. The fraction of sp³-hybridized carbons (Fsp3) is 0.600. The van der Waals surface area contributed by atoms with Crippen LogP contribution in [0.3, 0.4) is 0 Å². The lowest BCUT2D eigenvalue weighted by atomic mass is 10.2. The third-order valence-corrected chi connectivity index (χ3v) is 9.17. The number of carbonyl (C=O) groups excluding carboxylic acids is 1. The van der Waals surface area contributed by atoms with Gasteiger partial charge in [0.2, 0.25) is 5.95 Å². The Morgan fingerprint density at radius 1 is 1.37 bits per heavy atom. The molecule has 0 saturated carbocycles. The number of alkyl carbamates (subject to hydrolysis) is 1. The molecule has 1 aromatic heterocycles. The lowest BCUT2D eigenvalue weighted by molar-refractivity contribution is 0.0509. The van der Waals surface area contributed by atoms with Gasteiger partial charge in [0.15, 0.2) is 0 Å². The first-order valence-electron chi connectivity index (χ1n) is 10.1. The van der Waals surface area contributed by atoms with E-state index in [1.165, 1.54) is 0 Å². The van der Waals surface area contributed by atoms with Gasteiger partial charge in [-0.3, -0.25) is 0 Å². The molecule has 2 aliphatic rings. The Balaban J connectivity index is 1.63. The van der Waals surface area contributed by atoms with Gasteiger partial charge in [-0.1, -0.05) is 0 Å². The Morgan fingerprint density at radius 2 is 2.13 bits per heavy atom. The van der Waals surface area contributed by atoms with Crippen molar-refractivity contribution in [2.24, 2.45) is 0 Å². The van der Waals surface area contributed by atoms with Crippen molar-refractivity contribution in [3.63, 3.8) is 0 Å². The molecule has 2 saturated heterocycles. The van der Waals surface area contributed by atoms with E-state index < -0.39 is 5.60 Å². The minimum atomic E-state index is -0.497. The molecule has 4 rings (SSSR count). The van der Waals surface area contributed by atoms with Gasteiger partial charge in [0, 0.05) is 28.6 Å². The maximum absolute atomic E-state index is 12.2. The standard InChI is InChI=1S/C20H26Br2IN5O2/c1-20(2,3)30-19(29)25-11-5-7-27(10-11)18-26-17-14(8-13(21)15(22)16(17)23)28(18)12-4-6-24-9-12/h8,11-12,24H,4-7,9-10H2,1-3H3,(H,25,29)/t11-,12+/m1/s1. The van der Waals surface area contributed by atoms with Crippen molar-refractivity contribution in [1.82, 2.24) is 20.2 Å². The number of hydrogen-bond donors (Lipinski definition) is 2. The van der Waals surface area contributed by atoms with Crippen LogP contribution in [0.2, 0.25) is 0 Å². The third-order valence-electron chi connectivity index (χ3n) is 5.39. The van der Waals surface area contributed by atoms with Gasteiger partial charge in [0.1, 0.15) is 11.1 Å². The van der Waals surface area contributed by atoms with Crippen LogP contribution in [-0.2, 0) is 4.74 Å². The monoisotopic (exact) mass is 653 g/mol. The summed E-state index contributed by atoms with van der Waals surface area (Å²) < 4.78 is 11.0. The molecular weight excluding hydrogens is 629 g/mol. The molecule has 2 fully saturated rings. The van der Waals surface area contributed by atoms with Crippen molar-refractivity contribution in [2.75, 3.05) is 31.1 Å². The lowest BCUT2D eigenvalue weighted by Crippen LogP contribution is -2.40. The molecule has 1 amide bonds. The number of nitrogens with one attached hydrogen (secondary N) is 2. The largest absolute Gasteiger partial charge is 0.444 e. The van der Waals surface area contributed by atoms with E-state index >= 15 is 0 Å². The van der Waals surface area contributed by atoms with Crippen LogP contribution in [0, 0.1) is 3.57 Å². The van der Waals surface area contributed by atoms with E-state index in [1.54, 1.807) is 0 Å². The number of fused-ring (bicyclic) bond motifs is 1. The van der Waals surface area contributed by atoms with Crippen molar-refractivity contribution < 1.29 is 9.53 Å². The Labute approximate surface area is 207 Å². The Bertz CT molecular complexity index is 968. The molecule has 2 aromatic rings. The molecule has 10 heteroatoms. The summed E-state index contributed by atoms with van der Waals surface area (Å²) in [6.07, 6.45) is 1.59. The molecule has 1 aromatic carbocycles. The number of carbonyl (C=O) groups is 1. The summed E-state index contributed by atoms with van der Waals surface area (Å²) in [4.78, 5) is 19.6. The molecule has 0 spiro atoms. The van der Waals surface area contributed by atoms with Crippen molar-refractivity contribution in [2.45, 2.75) is 51.3 Å². The zero-order valence-electron chi connectivity index (χ0n) is 17.3.